The van der Waals surface area contributed by atoms with Gasteiger partial charge >= 0.3 is 0 Å². The number of nitrogen functional groups attached to an aromatic ring is 1. The Hall–Kier alpha value is -1.75. The molecule has 5 nitrogen and oxygen atoms in total. The first kappa shape index (κ1) is 12.7. The van der Waals surface area contributed by atoms with E-state index in [0.29, 0.717) is 23.5 Å². The summed E-state index contributed by atoms with van der Waals surface area (Å²) in [5, 5.41) is 9.05. The third kappa shape index (κ3) is 2.41. The highest BCUT2D eigenvalue weighted by atomic mass is 16.5. The molecule has 3 N–H and O–H groups in total. The molecule has 0 aliphatic heterocycles. The topological polar surface area (TPSA) is 75.8 Å². The number of ether oxygens (including phenoxy) is 1. The standard InChI is InChI=1S/C13H18N2O3/c1-18-11-4-2-3-10(14)12(11)13(17)15(7-8-16)9-5-6-9/h2-4,9,16H,5-8,14H2,1H3. The van der Waals surface area contributed by atoms with E-state index in [9.17, 15) is 4.79 Å². The fourth-order valence-electron chi connectivity index (χ4n) is 2.03. The van der Waals surface area contributed by atoms with Gasteiger partial charge in [0, 0.05) is 18.3 Å². The van der Waals surface area contributed by atoms with E-state index in [2.05, 4.69) is 0 Å². The molecule has 5 heteroatoms. The van der Waals surface area contributed by atoms with Crippen LogP contribution >= 0.6 is 0 Å². The summed E-state index contributed by atoms with van der Waals surface area (Å²) in [6.07, 6.45) is 1.97. The number of aliphatic hydroxyl groups excluding tert-OH is 1. The van der Waals surface area contributed by atoms with Gasteiger partial charge < -0.3 is 20.5 Å². The van der Waals surface area contributed by atoms with Crippen LogP contribution in [-0.2, 0) is 0 Å². The van der Waals surface area contributed by atoms with Gasteiger partial charge in [-0.2, -0.15) is 0 Å². The number of methoxy groups -OCH3 is 1. The van der Waals surface area contributed by atoms with Crippen molar-refractivity contribution in [1.82, 2.24) is 4.90 Å². The normalized spacial score (nSPS) is 14.3. The van der Waals surface area contributed by atoms with E-state index in [1.54, 1.807) is 23.1 Å². The number of hydrogen-bond acceptors (Lipinski definition) is 4. The third-order valence-corrected chi connectivity index (χ3v) is 3.08. The lowest BCUT2D eigenvalue weighted by Gasteiger charge is -2.23. The molecule has 1 amide bonds. The lowest BCUT2D eigenvalue weighted by Crippen LogP contribution is -2.36. The molecule has 0 saturated heterocycles. The highest BCUT2D eigenvalue weighted by Crippen LogP contribution is 2.32. The number of carbonyl (C=O) groups excluding carboxylic acids is 1. The number of aliphatic hydroxyl groups is 1. The van der Waals surface area contributed by atoms with Gasteiger partial charge in [0.1, 0.15) is 11.3 Å². The Bertz CT molecular complexity index is 444. The van der Waals surface area contributed by atoms with E-state index in [0.717, 1.165) is 12.8 Å². The molecule has 1 aromatic carbocycles. The summed E-state index contributed by atoms with van der Waals surface area (Å²) in [4.78, 5) is 14.1. The average Bonchev–Trinajstić information content (AvgIpc) is 3.19. The number of amides is 1. The maximum atomic E-state index is 12.5. The number of nitrogens with two attached hydrogens (primary N) is 1. The van der Waals surface area contributed by atoms with Crippen molar-refractivity contribution >= 4 is 11.6 Å². The first-order chi connectivity index (χ1) is 8.69. The lowest BCUT2D eigenvalue weighted by atomic mass is 10.1. The maximum Gasteiger partial charge on any atom is 0.260 e. The molecule has 0 heterocycles. The molecule has 1 aliphatic rings. The Balaban J connectivity index is 2.31. The number of nitrogens with zero attached hydrogens (tertiary/aromatic N) is 1. The summed E-state index contributed by atoms with van der Waals surface area (Å²) in [6.45, 7) is 0.290. The van der Waals surface area contributed by atoms with Crippen LogP contribution in [0, 0.1) is 0 Å². The first-order valence-electron chi connectivity index (χ1n) is 6.03. The van der Waals surface area contributed by atoms with Crippen molar-refractivity contribution in [3.8, 4) is 5.75 Å². The molecule has 1 fully saturated rings. The maximum absolute atomic E-state index is 12.5. The van der Waals surface area contributed by atoms with Gasteiger partial charge in [0.25, 0.3) is 5.91 Å². The van der Waals surface area contributed by atoms with Gasteiger partial charge in [-0.05, 0) is 25.0 Å². The van der Waals surface area contributed by atoms with Crippen molar-refractivity contribution < 1.29 is 14.6 Å². The van der Waals surface area contributed by atoms with E-state index < -0.39 is 0 Å². The number of anilines is 1. The summed E-state index contributed by atoms with van der Waals surface area (Å²) in [5.41, 5.74) is 6.66. The molecule has 0 spiro atoms. The third-order valence-electron chi connectivity index (χ3n) is 3.08. The number of hydrogen-bond donors (Lipinski definition) is 2. The Labute approximate surface area is 106 Å². The van der Waals surface area contributed by atoms with Gasteiger partial charge in [-0.1, -0.05) is 6.07 Å². The average molecular weight is 250 g/mol. The Morgan fingerprint density at radius 1 is 1.56 bits per heavy atom. The largest absolute Gasteiger partial charge is 0.496 e. The predicted molar refractivity (Wildman–Crippen MR) is 68.6 cm³/mol. The van der Waals surface area contributed by atoms with Crippen LogP contribution in [0.25, 0.3) is 0 Å². The summed E-state index contributed by atoms with van der Waals surface area (Å²) in [6, 6.07) is 5.38. The summed E-state index contributed by atoms with van der Waals surface area (Å²) in [7, 11) is 1.51. The minimum absolute atomic E-state index is 0.0444. The van der Waals surface area contributed by atoms with Crippen LogP contribution in [0.3, 0.4) is 0 Å². The second-order valence-electron chi connectivity index (χ2n) is 4.38. The van der Waals surface area contributed by atoms with Gasteiger partial charge in [0.15, 0.2) is 0 Å². The minimum Gasteiger partial charge on any atom is -0.496 e. The molecule has 0 aromatic heterocycles. The fraction of sp³-hybridized carbons (Fsp3) is 0.462. The van der Waals surface area contributed by atoms with Crippen LogP contribution in [0.4, 0.5) is 5.69 Å². The monoisotopic (exact) mass is 250 g/mol. The van der Waals surface area contributed by atoms with Gasteiger partial charge in [-0.3, -0.25) is 4.79 Å². The highest BCUT2D eigenvalue weighted by molar-refractivity contribution is 6.02. The minimum atomic E-state index is -0.165. The SMILES string of the molecule is COc1cccc(N)c1C(=O)N(CCO)C1CC1. The van der Waals surface area contributed by atoms with Crippen LogP contribution in [0.1, 0.15) is 23.2 Å². The summed E-state index contributed by atoms with van der Waals surface area (Å²) in [5.74, 6) is 0.310. The lowest BCUT2D eigenvalue weighted by molar-refractivity contribution is 0.0705. The van der Waals surface area contributed by atoms with E-state index in [-0.39, 0.29) is 18.6 Å². The van der Waals surface area contributed by atoms with E-state index in [1.807, 2.05) is 0 Å². The Kier molecular flexibility index (Phi) is 3.72. The molecule has 1 aromatic rings. The van der Waals surface area contributed by atoms with E-state index >= 15 is 0 Å². The number of benzene rings is 1. The molecular weight excluding hydrogens is 232 g/mol. The quantitative estimate of drug-likeness (QED) is 0.760. The second kappa shape index (κ2) is 5.27. The van der Waals surface area contributed by atoms with E-state index in [4.69, 9.17) is 15.6 Å². The molecule has 0 atom stereocenters. The van der Waals surface area contributed by atoms with Crippen molar-refractivity contribution in [2.45, 2.75) is 18.9 Å². The molecular formula is C13H18N2O3. The molecule has 0 bridgehead atoms. The smallest absolute Gasteiger partial charge is 0.260 e. The molecule has 18 heavy (non-hydrogen) atoms. The van der Waals surface area contributed by atoms with Crippen LogP contribution in [-0.4, -0.2) is 42.2 Å². The molecule has 1 saturated carbocycles. The zero-order valence-corrected chi connectivity index (χ0v) is 10.4. The van der Waals surface area contributed by atoms with Gasteiger partial charge in [-0.25, -0.2) is 0 Å². The van der Waals surface area contributed by atoms with Gasteiger partial charge in [-0.15, -0.1) is 0 Å². The van der Waals surface area contributed by atoms with Crippen LogP contribution in [0.15, 0.2) is 18.2 Å². The van der Waals surface area contributed by atoms with Crippen LogP contribution in [0.2, 0.25) is 0 Å². The zero-order valence-electron chi connectivity index (χ0n) is 10.4. The van der Waals surface area contributed by atoms with Gasteiger partial charge in [0.2, 0.25) is 0 Å². The summed E-state index contributed by atoms with van der Waals surface area (Å²) >= 11 is 0. The predicted octanol–water partition coefficient (Wildman–Crippen LogP) is 0.874. The molecule has 0 radical (unpaired) electrons. The van der Waals surface area contributed by atoms with Crippen molar-refractivity contribution in [1.29, 1.82) is 0 Å². The van der Waals surface area contributed by atoms with Gasteiger partial charge in [0.05, 0.1) is 13.7 Å². The van der Waals surface area contributed by atoms with Crippen LogP contribution < -0.4 is 10.5 Å². The Morgan fingerprint density at radius 2 is 2.28 bits per heavy atom. The molecule has 2 rings (SSSR count). The number of carbonyl (C=O) groups is 1. The zero-order chi connectivity index (χ0) is 13.1. The second-order valence-corrected chi connectivity index (χ2v) is 4.38. The van der Waals surface area contributed by atoms with Crippen LogP contribution in [0.5, 0.6) is 5.75 Å². The number of rotatable bonds is 5. The molecule has 1 aliphatic carbocycles. The summed E-state index contributed by atoms with van der Waals surface area (Å²) < 4.78 is 5.19. The highest BCUT2D eigenvalue weighted by Gasteiger charge is 2.34. The van der Waals surface area contributed by atoms with Crippen molar-refractivity contribution in [3.05, 3.63) is 23.8 Å². The van der Waals surface area contributed by atoms with Crippen molar-refractivity contribution in [2.75, 3.05) is 26.0 Å². The first-order valence-corrected chi connectivity index (χ1v) is 6.03. The van der Waals surface area contributed by atoms with E-state index in [1.165, 1.54) is 7.11 Å². The fourth-order valence-corrected chi connectivity index (χ4v) is 2.03. The van der Waals surface area contributed by atoms with Crippen molar-refractivity contribution in [3.63, 3.8) is 0 Å². The van der Waals surface area contributed by atoms with Crippen molar-refractivity contribution in [2.24, 2.45) is 0 Å². The molecule has 0 unspecified atom stereocenters. The molecule has 98 valence electrons. The Morgan fingerprint density at radius 3 is 2.83 bits per heavy atom.